The Morgan fingerprint density at radius 1 is 1.00 bits per heavy atom. The Morgan fingerprint density at radius 3 is 1.84 bits per heavy atom. The minimum atomic E-state index is -4.74. The van der Waals surface area contributed by atoms with E-state index in [1.54, 1.807) is 0 Å². The summed E-state index contributed by atoms with van der Waals surface area (Å²) in [6.45, 7) is 1.70. The smallest absolute Gasteiger partial charge is 0.778 e. The minimum absolute atomic E-state index is 0. The van der Waals surface area contributed by atoms with Crippen molar-refractivity contribution in [2.24, 2.45) is 0 Å². The summed E-state index contributed by atoms with van der Waals surface area (Å²) in [6, 6.07) is 0. The van der Waals surface area contributed by atoms with Crippen LogP contribution in [-0.4, -0.2) is 58.7 Å². The van der Waals surface area contributed by atoms with Gasteiger partial charge in [-0.3, -0.25) is 14.5 Å². The molecule has 0 spiro atoms. The fraction of sp³-hybridized carbons (Fsp3) is 0.800. The molecule has 0 aliphatic rings. The van der Waals surface area contributed by atoms with Crippen molar-refractivity contribution in [1.82, 2.24) is 15.5 Å². The molecule has 25 heavy (non-hydrogen) atoms. The molecule has 0 bridgehead atoms. The monoisotopic (exact) mass is 419 g/mol. The van der Waals surface area contributed by atoms with E-state index in [0.29, 0.717) is 0 Å². The van der Waals surface area contributed by atoms with Gasteiger partial charge in [0.25, 0.3) is 0 Å². The molecule has 0 fully saturated rings. The van der Waals surface area contributed by atoms with Gasteiger partial charge < -0.3 is 39.3 Å². The van der Waals surface area contributed by atoms with Crippen LogP contribution in [0.5, 0.6) is 0 Å². The number of carbonyl (C=O) groups excluding carboxylic acids is 2. The van der Waals surface area contributed by atoms with Crippen LogP contribution in [0, 0.1) is 0 Å². The SMILES string of the molecule is CC(=O)NCCNC(=O)CCCN(CP(=O)([O-])O)CP(=O)([O-])O.[Na+].[Na+]. The largest absolute Gasteiger partial charge is 1.00 e. The second-order valence-electron chi connectivity index (χ2n) is 4.89. The van der Waals surface area contributed by atoms with Crippen molar-refractivity contribution in [1.29, 1.82) is 0 Å². The summed E-state index contributed by atoms with van der Waals surface area (Å²) in [5.74, 6) is -0.592. The van der Waals surface area contributed by atoms with Crippen molar-refractivity contribution in [3.05, 3.63) is 0 Å². The van der Waals surface area contributed by atoms with Gasteiger partial charge in [-0.05, 0) is 13.0 Å². The predicted octanol–water partition coefficient (Wildman–Crippen LogP) is -8.66. The summed E-state index contributed by atoms with van der Waals surface area (Å²) in [5.41, 5.74) is 0. The summed E-state index contributed by atoms with van der Waals surface area (Å²) in [6.07, 6.45) is -1.78. The third-order valence-corrected chi connectivity index (χ3v) is 3.97. The zero-order chi connectivity index (χ0) is 18.1. The molecule has 4 N–H and O–H groups in total. The molecule has 0 aromatic carbocycles. The Kier molecular flexibility index (Phi) is 18.7. The van der Waals surface area contributed by atoms with E-state index in [0.717, 1.165) is 4.90 Å². The number of nitrogens with one attached hydrogen (secondary N) is 2. The van der Waals surface area contributed by atoms with Gasteiger partial charge in [-0.15, -0.1) is 0 Å². The molecule has 0 aromatic heterocycles. The van der Waals surface area contributed by atoms with Gasteiger partial charge in [-0.2, -0.15) is 0 Å². The van der Waals surface area contributed by atoms with Crippen LogP contribution in [0.4, 0.5) is 0 Å². The molecule has 0 aliphatic carbocycles. The van der Waals surface area contributed by atoms with Gasteiger partial charge in [0.2, 0.25) is 11.8 Å². The van der Waals surface area contributed by atoms with Gasteiger partial charge in [0.05, 0.1) is 12.6 Å². The number of hydrogen-bond acceptors (Lipinski definition) is 7. The third-order valence-electron chi connectivity index (χ3n) is 2.46. The molecule has 0 rings (SSSR count). The van der Waals surface area contributed by atoms with E-state index in [1.807, 2.05) is 0 Å². The van der Waals surface area contributed by atoms with E-state index in [2.05, 4.69) is 10.6 Å². The summed E-state index contributed by atoms with van der Waals surface area (Å²) < 4.78 is 21.6. The zero-order valence-corrected chi connectivity index (χ0v) is 20.4. The van der Waals surface area contributed by atoms with E-state index in [-0.39, 0.29) is 103 Å². The molecule has 2 atom stereocenters. The average Bonchev–Trinajstić information content (AvgIpc) is 2.30. The van der Waals surface area contributed by atoms with Gasteiger partial charge in [0.1, 0.15) is 15.2 Å². The van der Waals surface area contributed by atoms with Crippen molar-refractivity contribution in [2.75, 3.05) is 32.2 Å². The second kappa shape index (κ2) is 15.2. The molecule has 0 saturated carbocycles. The number of nitrogens with zero attached hydrogens (tertiary/aromatic N) is 1. The Bertz CT molecular complexity index is 475. The van der Waals surface area contributed by atoms with Crippen LogP contribution >= 0.6 is 15.2 Å². The van der Waals surface area contributed by atoms with E-state index in [9.17, 15) is 28.5 Å². The van der Waals surface area contributed by atoms with Crippen LogP contribution in [0.3, 0.4) is 0 Å². The van der Waals surface area contributed by atoms with Crippen molar-refractivity contribution in [3.8, 4) is 0 Å². The average molecular weight is 419 g/mol. The van der Waals surface area contributed by atoms with Crippen LogP contribution in [0.25, 0.3) is 0 Å². The quantitative estimate of drug-likeness (QED) is 0.144. The van der Waals surface area contributed by atoms with Crippen LogP contribution in [0.15, 0.2) is 0 Å². The fourth-order valence-corrected chi connectivity index (χ4v) is 3.34. The van der Waals surface area contributed by atoms with Crippen LogP contribution < -0.4 is 79.5 Å². The first-order valence-corrected chi connectivity index (χ1v) is 10.2. The van der Waals surface area contributed by atoms with E-state index >= 15 is 0 Å². The first-order chi connectivity index (χ1) is 10.4. The van der Waals surface area contributed by atoms with Crippen LogP contribution in [0.1, 0.15) is 19.8 Å². The molecule has 0 radical (unpaired) electrons. The van der Waals surface area contributed by atoms with Crippen molar-refractivity contribution >= 4 is 27.0 Å². The zero-order valence-electron chi connectivity index (χ0n) is 14.6. The van der Waals surface area contributed by atoms with Crippen molar-refractivity contribution in [2.45, 2.75) is 19.8 Å². The maximum Gasteiger partial charge on any atom is 1.00 e. The summed E-state index contributed by atoms with van der Waals surface area (Å²) in [4.78, 5) is 62.0. The van der Waals surface area contributed by atoms with Crippen LogP contribution in [0.2, 0.25) is 0 Å². The maximum absolute atomic E-state index is 11.5. The van der Waals surface area contributed by atoms with Gasteiger partial charge in [-0.1, -0.05) is 0 Å². The first-order valence-electron chi connectivity index (χ1n) is 6.68. The minimum Gasteiger partial charge on any atom is -0.778 e. The number of amides is 2. The van der Waals surface area contributed by atoms with Crippen molar-refractivity contribution in [3.63, 3.8) is 0 Å². The molecule has 2 unspecified atom stereocenters. The molecule has 0 aliphatic heterocycles. The first kappa shape index (κ1) is 30.9. The maximum atomic E-state index is 11.5. The van der Waals surface area contributed by atoms with Crippen molar-refractivity contribution < 1.29 is 97.4 Å². The third kappa shape index (κ3) is 23.2. The molecule has 2 amide bonds. The van der Waals surface area contributed by atoms with Crippen LogP contribution in [-0.2, 0) is 18.7 Å². The van der Waals surface area contributed by atoms with Gasteiger partial charge >= 0.3 is 59.1 Å². The number of carbonyl (C=O) groups is 2. The fourth-order valence-electron chi connectivity index (χ4n) is 1.68. The normalized spacial score (nSPS) is 15.1. The second-order valence-corrected chi connectivity index (χ2v) is 8.00. The van der Waals surface area contributed by atoms with Gasteiger partial charge in [-0.25, -0.2) is 0 Å². The summed E-state index contributed by atoms with van der Waals surface area (Å²) >= 11 is 0. The predicted molar refractivity (Wildman–Crippen MR) is 77.0 cm³/mol. The molecular weight excluding hydrogens is 398 g/mol. The number of hydrogen-bond donors (Lipinski definition) is 4. The van der Waals surface area contributed by atoms with E-state index in [1.165, 1.54) is 6.92 Å². The topological polar surface area (TPSA) is 182 Å². The summed E-state index contributed by atoms with van der Waals surface area (Å²) in [7, 11) is -9.48. The van der Waals surface area contributed by atoms with E-state index < -0.39 is 27.8 Å². The Morgan fingerprint density at radius 2 is 1.44 bits per heavy atom. The molecule has 0 aromatic rings. The molecule has 136 valence electrons. The Labute approximate surface area is 190 Å². The molecule has 0 heterocycles. The molecule has 11 nitrogen and oxygen atoms in total. The number of rotatable bonds is 11. The molecular formula is C10H21N3Na2O8P2. The molecule has 0 saturated heterocycles. The summed E-state index contributed by atoms with van der Waals surface area (Å²) in [5, 5.41) is 4.98. The van der Waals surface area contributed by atoms with Gasteiger partial charge in [0, 0.05) is 26.4 Å². The Hall–Kier alpha value is 1.20. The Balaban J connectivity index is -0.00000242. The van der Waals surface area contributed by atoms with E-state index in [4.69, 9.17) is 9.79 Å². The van der Waals surface area contributed by atoms with Gasteiger partial charge in [0.15, 0.2) is 0 Å². The molecule has 15 heteroatoms. The standard InChI is InChI=1S/C10H23N3O8P2.2Na/c1-9(14)11-4-5-12-10(15)3-2-6-13(7-22(16,17)18)8-23(19,20)21;;/h2-8H2,1H3,(H,11,14)(H,12,15)(H2,16,17,18)(H2,19,20,21);;/q;2*+1/p-2.